The van der Waals surface area contributed by atoms with Gasteiger partial charge < -0.3 is 4.74 Å². The first kappa shape index (κ1) is 40.2. The molecule has 3 fully saturated rings. The van der Waals surface area contributed by atoms with E-state index in [4.69, 9.17) is 4.74 Å². The Balaban J connectivity index is 1.16. The highest BCUT2D eigenvalue weighted by Gasteiger charge is 2.59. The monoisotopic (exact) mass is 675 g/mol. The fourth-order valence-electron chi connectivity index (χ4n) is 11.2. The molecule has 4 aliphatic carbocycles. The number of esters is 1. The number of carbonyl (C=O) groups excluding carboxylic acids is 1. The number of rotatable bonds is 20. The molecular formula is C47H78O2. The normalized spacial score (nSPS) is 32.7. The number of hydrogen-bond donors (Lipinski definition) is 0. The molecule has 0 aromatic rings. The molecule has 2 heteroatoms. The lowest BCUT2D eigenvalue weighted by Gasteiger charge is -2.58. The zero-order chi connectivity index (χ0) is 35.3. The van der Waals surface area contributed by atoms with E-state index in [0.717, 1.165) is 61.7 Å². The summed E-state index contributed by atoms with van der Waals surface area (Å²) in [6.45, 7) is 17.1. The molecule has 1 unspecified atom stereocenters. The average Bonchev–Trinajstić information content (AvgIpc) is 3.44. The summed E-state index contributed by atoms with van der Waals surface area (Å²) in [5, 5.41) is 0. The van der Waals surface area contributed by atoms with Crippen LogP contribution < -0.4 is 0 Å². The van der Waals surface area contributed by atoms with Gasteiger partial charge in [0, 0.05) is 12.8 Å². The van der Waals surface area contributed by atoms with Gasteiger partial charge in [-0.3, -0.25) is 4.79 Å². The van der Waals surface area contributed by atoms with E-state index in [1.54, 1.807) is 5.57 Å². The van der Waals surface area contributed by atoms with Crippen molar-refractivity contribution in [2.45, 2.75) is 189 Å². The maximum absolute atomic E-state index is 12.8. The lowest BCUT2D eigenvalue weighted by Crippen LogP contribution is -2.51. The van der Waals surface area contributed by atoms with Crippen molar-refractivity contribution >= 4 is 5.97 Å². The second-order valence-corrected chi connectivity index (χ2v) is 17.9. The van der Waals surface area contributed by atoms with Crippen molar-refractivity contribution in [3.8, 4) is 0 Å². The van der Waals surface area contributed by atoms with Crippen molar-refractivity contribution in [3.63, 3.8) is 0 Å². The van der Waals surface area contributed by atoms with E-state index in [1.807, 2.05) is 0 Å². The number of carbonyl (C=O) groups is 1. The summed E-state index contributed by atoms with van der Waals surface area (Å²) in [6, 6.07) is 0. The molecule has 0 aromatic carbocycles. The molecule has 2 nitrogen and oxygen atoms in total. The van der Waals surface area contributed by atoms with Crippen molar-refractivity contribution in [1.82, 2.24) is 0 Å². The Morgan fingerprint density at radius 2 is 1.55 bits per heavy atom. The van der Waals surface area contributed by atoms with E-state index >= 15 is 0 Å². The van der Waals surface area contributed by atoms with E-state index in [2.05, 4.69) is 91.0 Å². The second-order valence-electron chi connectivity index (χ2n) is 17.9. The van der Waals surface area contributed by atoms with Gasteiger partial charge in [-0.25, -0.2) is 0 Å². The second kappa shape index (κ2) is 19.9. The van der Waals surface area contributed by atoms with Crippen molar-refractivity contribution < 1.29 is 9.53 Å². The van der Waals surface area contributed by atoms with Crippen molar-refractivity contribution in [2.24, 2.45) is 52.3 Å². The van der Waals surface area contributed by atoms with Gasteiger partial charge >= 0.3 is 5.97 Å². The molecule has 0 bridgehead atoms. The Bertz CT molecular complexity index is 1110. The van der Waals surface area contributed by atoms with Crippen LogP contribution in [0.15, 0.2) is 48.1 Å². The van der Waals surface area contributed by atoms with E-state index < -0.39 is 0 Å². The Hall–Kier alpha value is -1.57. The summed E-state index contributed by atoms with van der Waals surface area (Å²) in [4.78, 5) is 12.8. The Morgan fingerprint density at radius 3 is 2.27 bits per heavy atom. The zero-order valence-corrected chi connectivity index (χ0v) is 33.3. The smallest absolute Gasteiger partial charge is 0.306 e. The van der Waals surface area contributed by atoms with Gasteiger partial charge in [0.15, 0.2) is 0 Å². The third-order valence-electron chi connectivity index (χ3n) is 14.4. The van der Waals surface area contributed by atoms with Crippen LogP contribution in [0.2, 0.25) is 0 Å². The zero-order valence-electron chi connectivity index (χ0n) is 33.3. The van der Waals surface area contributed by atoms with Gasteiger partial charge in [0.1, 0.15) is 6.10 Å². The average molecular weight is 675 g/mol. The molecule has 4 aliphatic rings. The topological polar surface area (TPSA) is 26.3 Å². The van der Waals surface area contributed by atoms with Gasteiger partial charge in [-0.05, 0) is 142 Å². The molecule has 0 radical (unpaired) electrons. The van der Waals surface area contributed by atoms with Crippen LogP contribution in [-0.2, 0) is 9.53 Å². The molecule has 0 aromatic heterocycles. The van der Waals surface area contributed by atoms with Crippen molar-refractivity contribution in [1.29, 1.82) is 0 Å². The Morgan fingerprint density at radius 1 is 0.837 bits per heavy atom. The van der Waals surface area contributed by atoms with Crippen LogP contribution >= 0.6 is 0 Å². The maximum Gasteiger partial charge on any atom is 0.306 e. The molecule has 0 saturated heterocycles. The summed E-state index contributed by atoms with van der Waals surface area (Å²) in [5.41, 5.74) is 2.42. The number of fused-ring (bicyclic) bond motifs is 5. The summed E-state index contributed by atoms with van der Waals surface area (Å²) in [7, 11) is 0. The van der Waals surface area contributed by atoms with Gasteiger partial charge in [-0.2, -0.15) is 0 Å². The largest absolute Gasteiger partial charge is 0.462 e. The lowest BCUT2D eigenvalue weighted by molar-refractivity contribution is -0.151. The summed E-state index contributed by atoms with van der Waals surface area (Å²) in [6.07, 6.45) is 42.5. The molecule has 3 saturated carbocycles. The number of hydrogen-bond acceptors (Lipinski definition) is 2. The summed E-state index contributed by atoms with van der Waals surface area (Å²) in [5.74, 6) is 5.51. The molecule has 0 N–H and O–H groups in total. The number of allylic oxidation sites excluding steroid dienone is 7. The molecule has 0 aliphatic heterocycles. The summed E-state index contributed by atoms with van der Waals surface area (Å²) < 4.78 is 6.13. The number of ether oxygens (including phenoxy) is 1. The predicted molar refractivity (Wildman–Crippen MR) is 211 cm³/mol. The highest BCUT2D eigenvalue weighted by molar-refractivity contribution is 5.69. The third kappa shape index (κ3) is 10.7. The number of unbranched alkanes of at least 4 members (excludes halogenated alkanes) is 8. The minimum absolute atomic E-state index is 0.0424. The first-order valence-electron chi connectivity index (χ1n) is 21.5. The molecule has 278 valence electrons. The van der Waals surface area contributed by atoms with Crippen LogP contribution in [0.25, 0.3) is 0 Å². The Labute approximate surface area is 304 Å². The van der Waals surface area contributed by atoms with E-state index in [-0.39, 0.29) is 12.1 Å². The van der Waals surface area contributed by atoms with Crippen molar-refractivity contribution in [3.05, 3.63) is 48.1 Å². The molecule has 4 rings (SSSR count). The predicted octanol–water partition coefficient (Wildman–Crippen LogP) is 14.2. The highest BCUT2D eigenvalue weighted by Crippen LogP contribution is 2.67. The van der Waals surface area contributed by atoms with Crippen LogP contribution in [0, 0.1) is 52.3 Å². The van der Waals surface area contributed by atoms with Gasteiger partial charge in [0.25, 0.3) is 0 Å². The van der Waals surface area contributed by atoms with Crippen LogP contribution in [-0.4, -0.2) is 12.1 Å². The Kier molecular flexibility index (Phi) is 16.3. The molecule has 49 heavy (non-hydrogen) atoms. The minimum Gasteiger partial charge on any atom is -0.462 e. The van der Waals surface area contributed by atoms with Gasteiger partial charge in [0.05, 0.1) is 0 Å². The van der Waals surface area contributed by atoms with Crippen LogP contribution in [0.3, 0.4) is 0 Å². The SMILES string of the molecule is CCCCCC=CCC=CCCCCCCCC(=O)OC1CC[C@@]2(C)C(=CC[C@H]3[C@@H]4CC[C@H]([C@H](C)C=C[C@@H](CC)C(C)C)[C@@]4(C)CC[C@@H]32)C1. The van der Waals surface area contributed by atoms with Crippen LogP contribution in [0.4, 0.5) is 0 Å². The fraction of sp³-hybridized carbons (Fsp3) is 0.809. The van der Waals surface area contributed by atoms with Gasteiger partial charge in [-0.15, -0.1) is 0 Å². The third-order valence-corrected chi connectivity index (χ3v) is 14.4. The first-order valence-corrected chi connectivity index (χ1v) is 21.5. The molecule has 0 spiro atoms. The van der Waals surface area contributed by atoms with Crippen molar-refractivity contribution in [2.75, 3.05) is 0 Å². The van der Waals surface area contributed by atoms with Gasteiger partial charge in [0.2, 0.25) is 0 Å². The quantitative estimate of drug-likeness (QED) is 0.0730. The first-order chi connectivity index (χ1) is 23.6. The molecular weight excluding hydrogens is 597 g/mol. The summed E-state index contributed by atoms with van der Waals surface area (Å²) >= 11 is 0. The standard InChI is InChI=1S/C47H78O2/c1-8-10-11-12-13-14-15-16-17-18-19-20-21-22-23-24-45(48)49-40-31-33-46(6)39(35-40)27-28-41-43-30-29-42(47(43,7)34-32-44(41)46)37(5)25-26-38(9-2)36(3)4/h13-14,16-17,25-27,36-38,40-44H,8-12,15,18-24,28-35H2,1-7H3/t37-,38-,40?,41+,42-,43+,44+,46+,47-/m1/s1. The highest BCUT2D eigenvalue weighted by atomic mass is 16.5. The molecule has 0 heterocycles. The molecule has 0 amide bonds. The fourth-order valence-corrected chi connectivity index (χ4v) is 11.2. The van der Waals surface area contributed by atoms with Crippen LogP contribution in [0.5, 0.6) is 0 Å². The lowest BCUT2D eigenvalue weighted by atomic mass is 9.47. The molecule has 9 atom stereocenters. The van der Waals surface area contributed by atoms with E-state index in [9.17, 15) is 4.79 Å². The minimum atomic E-state index is 0.0424. The van der Waals surface area contributed by atoms with Crippen LogP contribution in [0.1, 0.15) is 183 Å². The van der Waals surface area contributed by atoms with E-state index in [1.165, 1.54) is 96.3 Å². The van der Waals surface area contributed by atoms with Gasteiger partial charge in [-0.1, -0.05) is 129 Å². The van der Waals surface area contributed by atoms with E-state index in [0.29, 0.717) is 29.1 Å². The maximum atomic E-state index is 12.8.